The zero-order chi connectivity index (χ0) is 45.1. The van der Waals surface area contributed by atoms with Crippen LogP contribution in [0.1, 0.15) is 132 Å². The van der Waals surface area contributed by atoms with E-state index < -0.39 is 0 Å². The molecule has 13 rings (SSSR count). The molecule has 3 nitrogen and oxygen atoms in total. The topological polar surface area (TPSA) is 9.72 Å². The Morgan fingerprint density at radius 2 is 1.23 bits per heavy atom. The van der Waals surface area contributed by atoms with Crippen molar-refractivity contribution in [1.29, 1.82) is 0 Å². The van der Waals surface area contributed by atoms with Crippen LogP contribution in [-0.4, -0.2) is 12.3 Å². The van der Waals surface area contributed by atoms with E-state index in [1.165, 1.54) is 108 Å². The first kappa shape index (κ1) is 40.3. The minimum atomic E-state index is -0.266. The minimum Gasteiger partial charge on any atom is -0.335 e. The van der Waals surface area contributed by atoms with Crippen molar-refractivity contribution in [3.05, 3.63) is 191 Å². The lowest BCUT2D eigenvalue weighted by Gasteiger charge is -2.54. The lowest BCUT2D eigenvalue weighted by molar-refractivity contribution is 0.215. The second kappa shape index (κ2) is 13.6. The fourth-order valence-electron chi connectivity index (χ4n) is 14.7. The van der Waals surface area contributed by atoms with Crippen LogP contribution in [0.4, 0.5) is 39.8 Å². The number of hydrogen-bond acceptors (Lipinski definition) is 3. The summed E-state index contributed by atoms with van der Waals surface area (Å²) in [7, 11) is 0. The molecule has 4 unspecified atom stereocenters. The second-order valence-corrected chi connectivity index (χ2v) is 23.1. The summed E-state index contributed by atoms with van der Waals surface area (Å²) in [5, 5.41) is 0. The number of aryl methyl sites for hydroxylation is 1. The molecular formula is C62H62BN3. The van der Waals surface area contributed by atoms with Gasteiger partial charge in [0.25, 0.3) is 6.71 Å². The SMILES string of the molecule is CC(C)(C)c1ccc(N2c3ccc(C(C)(C)C)cc3B3c4cccc5c4N(c4cc(N6c7ccccc7C7CCc8ccccc8C76C)cc2c43)C2(C)CCCCC52c2ccccc2)cc1. The minimum absolute atomic E-state index is 0.00821. The fraction of sp³-hybridized carbons (Fsp3) is 0.323. The van der Waals surface area contributed by atoms with Crippen LogP contribution in [0.25, 0.3) is 0 Å². The molecule has 1 saturated carbocycles. The summed E-state index contributed by atoms with van der Waals surface area (Å²) in [6, 6.07) is 60.1. The molecule has 4 aliphatic heterocycles. The van der Waals surface area contributed by atoms with Crippen LogP contribution in [0.5, 0.6) is 0 Å². The van der Waals surface area contributed by atoms with Gasteiger partial charge in [0.05, 0.1) is 11.1 Å². The van der Waals surface area contributed by atoms with E-state index in [2.05, 4.69) is 222 Å². The van der Waals surface area contributed by atoms with E-state index in [1.807, 2.05) is 0 Å². The highest BCUT2D eigenvalue weighted by Crippen LogP contribution is 2.66. The van der Waals surface area contributed by atoms with Gasteiger partial charge in [0.15, 0.2) is 0 Å². The highest BCUT2D eigenvalue weighted by atomic mass is 15.3. The molecule has 328 valence electrons. The number of benzene rings is 7. The van der Waals surface area contributed by atoms with E-state index in [0.717, 1.165) is 25.7 Å². The van der Waals surface area contributed by atoms with E-state index >= 15 is 0 Å². The van der Waals surface area contributed by atoms with Gasteiger partial charge in [-0.15, -0.1) is 0 Å². The van der Waals surface area contributed by atoms with Gasteiger partial charge in [0.2, 0.25) is 0 Å². The maximum Gasteiger partial charge on any atom is 0.252 e. The van der Waals surface area contributed by atoms with Crippen LogP contribution in [0.2, 0.25) is 0 Å². The molecule has 0 bridgehead atoms. The number of anilines is 7. The van der Waals surface area contributed by atoms with Crippen molar-refractivity contribution in [1.82, 2.24) is 0 Å². The van der Waals surface area contributed by atoms with Gasteiger partial charge in [-0.25, -0.2) is 0 Å². The lowest BCUT2D eigenvalue weighted by atomic mass is 9.33. The van der Waals surface area contributed by atoms with Gasteiger partial charge >= 0.3 is 0 Å². The Labute approximate surface area is 393 Å². The third-order valence-electron chi connectivity index (χ3n) is 17.8. The molecule has 66 heavy (non-hydrogen) atoms. The number of rotatable bonds is 3. The molecule has 4 atom stereocenters. The normalized spacial score (nSPS) is 24.2. The third kappa shape index (κ3) is 5.11. The van der Waals surface area contributed by atoms with Crippen molar-refractivity contribution < 1.29 is 0 Å². The van der Waals surface area contributed by atoms with Crippen LogP contribution in [-0.2, 0) is 28.2 Å². The molecule has 7 aromatic rings. The first-order valence-electron chi connectivity index (χ1n) is 24.9. The molecule has 0 radical (unpaired) electrons. The molecule has 4 heterocycles. The molecule has 0 aromatic heterocycles. The Kier molecular flexibility index (Phi) is 8.28. The second-order valence-electron chi connectivity index (χ2n) is 23.1. The Morgan fingerprint density at radius 3 is 2.02 bits per heavy atom. The average molecular weight is 860 g/mol. The Morgan fingerprint density at radius 1 is 0.545 bits per heavy atom. The average Bonchev–Trinajstić information content (AvgIpc) is 3.73. The van der Waals surface area contributed by atoms with Crippen molar-refractivity contribution in [2.75, 3.05) is 14.7 Å². The summed E-state index contributed by atoms with van der Waals surface area (Å²) in [6.45, 7) is 19.3. The van der Waals surface area contributed by atoms with Gasteiger partial charge in [-0.05, 0) is 142 Å². The maximum absolute atomic E-state index is 2.93. The van der Waals surface area contributed by atoms with Crippen LogP contribution in [0.3, 0.4) is 0 Å². The van der Waals surface area contributed by atoms with Gasteiger partial charge in [-0.2, -0.15) is 0 Å². The van der Waals surface area contributed by atoms with Crippen molar-refractivity contribution in [3.63, 3.8) is 0 Å². The maximum atomic E-state index is 2.93. The molecule has 0 amide bonds. The van der Waals surface area contributed by atoms with Crippen molar-refractivity contribution in [2.24, 2.45) is 0 Å². The van der Waals surface area contributed by atoms with Gasteiger partial charge in [0.1, 0.15) is 0 Å². The summed E-state index contributed by atoms with van der Waals surface area (Å²) in [5.74, 6) is 0.377. The summed E-state index contributed by atoms with van der Waals surface area (Å²) in [5.41, 5.74) is 23.1. The number of para-hydroxylation sites is 2. The standard InChI is InChI=1S/C62H62BN3/c1-58(2,3)41-28-31-44(32-29-41)64-53-34-30-43(59(4,5)6)37-51(53)63-50-25-18-24-49-57(50)66(60(7)35-16-17-36-62(49,60)42-20-10-9-11-21-42)55-39-45(38-54(64)56(55)63)65-52-26-15-13-22-46(52)48-33-27-40-19-12-14-23-47(40)61(48,65)8/h9-15,18-26,28-32,34,37-39,48H,16-17,27,33,35-36H2,1-8H3. The Hall–Kier alpha value is -6.00. The zero-order valence-electron chi connectivity index (χ0n) is 40.2. The smallest absolute Gasteiger partial charge is 0.252 e. The first-order chi connectivity index (χ1) is 31.7. The van der Waals surface area contributed by atoms with E-state index in [-0.39, 0.29) is 34.0 Å². The summed E-state index contributed by atoms with van der Waals surface area (Å²) < 4.78 is 0. The number of hydrogen-bond donors (Lipinski definition) is 0. The highest BCUT2D eigenvalue weighted by Gasteiger charge is 2.64. The van der Waals surface area contributed by atoms with E-state index in [9.17, 15) is 0 Å². The van der Waals surface area contributed by atoms with Gasteiger partial charge in [0, 0.05) is 51.1 Å². The van der Waals surface area contributed by atoms with Gasteiger partial charge in [-0.1, -0.05) is 170 Å². The van der Waals surface area contributed by atoms with Crippen LogP contribution in [0.15, 0.2) is 152 Å². The number of nitrogens with zero attached hydrogens (tertiary/aromatic N) is 3. The third-order valence-corrected chi connectivity index (χ3v) is 17.8. The summed E-state index contributed by atoms with van der Waals surface area (Å²) in [6.07, 6.45) is 6.95. The molecule has 6 aliphatic rings. The first-order valence-corrected chi connectivity index (χ1v) is 24.9. The molecule has 1 fully saturated rings. The largest absolute Gasteiger partial charge is 0.335 e. The van der Waals surface area contributed by atoms with Crippen LogP contribution >= 0.6 is 0 Å². The summed E-state index contributed by atoms with van der Waals surface area (Å²) in [4.78, 5) is 8.38. The number of fused-ring (bicyclic) bond motifs is 12. The van der Waals surface area contributed by atoms with Crippen LogP contribution in [0, 0.1) is 0 Å². The quantitative estimate of drug-likeness (QED) is 0.164. The molecule has 4 heteroatoms. The Balaban J connectivity index is 1.16. The van der Waals surface area contributed by atoms with Gasteiger partial charge in [-0.3, -0.25) is 0 Å². The predicted molar refractivity (Wildman–Crippen MR) is 279 cm³/mol. The summed E-state index contributed by atoms with van der Waals surface area (Å²) >= 11 is 0. The van der Waals surface area contributed by atoms with Crippen LogP contribution < -0.4 is 31.1 Å². The molecule has 0 N–H and O–H groups in total. The highest BCUT2D eigenvalue weighted by molar-refractivity contribution is 7.00. The van der Waals surface area contributed by atoms with E-state index in [4.69, 9.17) is 0 Å². The molecule has 0 spiro atoms. The fourth-order valence-corrected chi connectivity index (χ4v) is 14.7. The van der Waals surface area contributed by atoms with E-state index in [0.29, 0.717) is 5.92 Å². The Bertz CT molecular complexity index is 3140. The monoisotopic (exact) mass is 860 g/mol. The van der Waals surface area contributed by atoms with E-state index in [1.54, 1.807) is 0 Å². The molecule has 0 saturated heterocycles. The van der Waals surface area contributed by atoms with Crippen molar-refractivity contribution in [3.8, 4) is 0 Å². The van der Waals surface area contributed by atoms with Crippen molar-refractivity contribution >= 4 is 62.9 Å². The lowest BCUT2D eigenvalue weighted by Crippen LogP contribution is -2.65. The zero-order valence-corrected chi connectivity index (χ0v) is 40.2. The van der Waals surface area contributed by atoms with Gasteiger partial charge < -0.3 is 14.7 Å². The predicted octanol–water partition coefficient (Wildman–Crippen LogP) is 13.8. The molecular weight excluding hydrogens is 798 g/mol. The van der Waals surface area contributed by atoms with Crippen molar-refractivity contribution in [2.45, 2.75) is 127 Å². The molecule has 7 aromatic carbocycles. The molecule has 2 aliphatic carbocycles.